The molecule has 0 unspecified atom stereocenters. The van der Waals surface area contributed by atoms with Gasteiger partial charge in [0.1, 0.15) is 0 Å². The first-order valence-electron chi connectivity index (χ1n) is 6.87. The summed E-state index contributed by atoms with van der Waals surface area (Å²) in [4.78, 5) is 5.09. The molecule has 1 aliphatic heterocycles. The van der Waals surface area contributed by atoms with E-state index in [1.54, 1.807) is 0 Å². The summed E-state index contributed by atoms with van der Waals surface area (Å²) in [5.41, 5.74) is 9.37. The van der Waals surface area contributed by atoms with E-state index in [0.717, 1.165) is 12.2 Å². The molecule has 1 aliphatic rings. The Hall–Kier alpha value is -1.06. The summed E-state index contributed by atoms with van der Waals surface area (Å²) in [5, 5.41) is 0. The Morgan fingerprint density at radius 1 is 1.17 bits per heavy atom. The van der Waals surface area contributed by atoms with Crippen molar-refractivity contribution >= 4 is 5.69 Å². The summed E-state index contributed by atoms with van der Waals surface area (Å²) in [6.45, 7) is 12.5. The molecule has 18 heavy (non-hydrogen) atoms. The second kappa shape index (κ2) is 5.72. The Morgan fingerprint density at radius 3 is 2.39 bits per heavy atom. The summed E-state index contributed by atoms with van der Waals surface area (Å²) < 4.78 is 0. The van der Waals surface area contributed by atoms with Gasteiger partial charge in [0.2, 0.25) is 0 Å². The third-order valence-corrected chi connectivity index (χ3v) is 3.90. The van der Waals surface area contributed by atoms with E-state index >= 15 is 0 Å². The van der Waals surface area contributed by atoms with Crippen LogP contribution in [0, 0.1) is 6.92 Å². The molecule has 100 valence electrons. The predicted molar refractivity (Wildman–Crippen MR) is 77.6 cm³/mol. The van der Waals surface area contributed by atoms with Crippen molar-refractivity contribution in [2.45, 2.75) is 33.4 Å². The van der Waals surface area contributed by atoms with Crippen LogP contribution in [0.2, 0.25) is 0 Å². The summed E-state index contributed by atoms with van der Waals surface area (Å²) in [6.07, 6.45) is 0. The van der Waals surface area contributed by atoms with Gasteiger partial charge >= 0.3 is 0 Å². The predicted octanol–water partition coefficient (Wildman–Crippen LogP) is 2.10. The van der Waals surface area contributed by atoms with Crippen molar-refractivity contribution in [1.29, 1.82) is 0 Å². The minimum atomic E-state index is 0.672. The SMILES string of the molecule is Cc1cc(N)ccc1CN1CCN(C(C)C)CC1. The van der Waals surface area contributed by atoms with Crippen molar-refractivity contribution in [3.63, 3.8) is 0 Å². The average molecular weight is 247 g/mol. The largest absolute Gasteiger partial charge is 0.399 e. The molecule has 0 radical (unpaired) electrons. The van der Waals surface area contributed by atoms with E-state index < -0.39 is 0 Å². The standard InChI is InChI=1S/C15H25N3/c1-12(2)18-8-6-17(7-9-18)11-14-4-5-15(16)10-13(14)3/h4-5,10,12H,6-9,11,16H2,1-3H3. The summed E-state index contributed by atoms with van der Waals surface area (Å²) in [5.74, 6) is 0. The van der Waals surface area contributed by atoms with Gasteiger partial charge in [-0.1, -0.05) is 6.07 Å². The molecule has 2 rings (SSSR count). The molecule has 0 saturated carbocycles. The van der Waals surface area contributed by atoms with Crippen molar-refractivity contribution < 1.29 is 0 Å². The Bertz CT molecular complexity index is 393. The zero-order valence-corrected chi connectivity index (χ0v) is 11.8. The highest BCUT2D eigenvalue weighted by Gasteiger charge is 2.18. The average Bonchev–Trinajstić information content (AvgIpc) is 2.33. The fourth-order valence-electron chi connectivity index (χ4n) is 2.58. The number of nitrogens with zero attached hydrogens (tertiary/aromatic N) is 2. The highest BCUT2D eigenvalue weighted by Crippen LogP contribution is 2.16. The second-order valence-corrected chi connectivity index (χ2v) is 5.59. The quantitative estimate of drug-likeness (QED) is 0.830. The highest BCUT2D eigenvalue weighted by atomic mass is 15.3. The van der Waals surface area contributed by atoms with Crippen molar-refractivity contribution in [2.24, 2.45) is 0 Å². The topological polar surface area (TPSA) is 32.5 Å². The Kier molecular flexibility index (Phi) is 4.25. The van der Waals surface area contributed by atoms with Gasteiger partial charge in [-0.15, -0.1) is 0 Å². The number of aryl methyl sites for hydroxylation is 1. The molecule has 0 amide bonds. The lowest BCUT2D eigenvalue weighted by atomic mass is 10.1. The van der Waals surface area contributed by atoms with Crippen LogP contribution in [0.4, 0.5) is 5.69 Å². The molecule has 1 heterocycles. The normalized spacial score (nSPS) is 18.4. The Labute approximate surface area is 111 Å². The minimum Gasteiger partial charge on any atom is -0.399 e. The van der Waals surface area contributed by atoms with Crippen molar-refractivity contribution in [2.75, 3.05) is 31.9 Å². The van der Waals surface area contributed by atoms with Gasteiger partial charge in [0, 0.05) is 44.5 Å². The zero-order chi connectivity index (χ0) is 13.1. The molecule has 0 atom stereocenters. The van der Waals surface area contributed by atoms with Gasteiger partial charge in [-0.2, -0.15) is 0 Å². The van der Waals surface area contributed by atoms with Crippen LogP contribution in [0.1, 0.15) is 25.0 Å². The molecule has 0 bridgehead atoms. The van der Waals surface area contributed by atoms with E-state index in [1.807, 2.05) is 6.07 Å². The van der Waals surface area contributed by atoms with Gasteiger partial charge in [0.05, 0.1) is 0 Å². The smallest absolute Gasteiger partial charge is 0.0316 e. The van der Waals surface area contributed by atoms with E-state index in [0.29, 0.717) is 6.04 Å². The van der Waals surface area contributed by atoms with Crippen LogP contribution in [0.5, 0.6) is 0 Å². The lowest BCUT2D eigenvalue weighted by Gasteiger charge is -2.37. The van der Waals surface area contributed by atoms with Crippen molar-refractivity contribution in [1.82, 2.24) is 9.80 Å². The molecule has 2 N–H and O–H groups in total. The van der Waals surface area contributed by atoms with Crippen LogP contribution in [-0.4, -0.2) is 42.0 Å². The molecule has 1 aromatic rings. The van der Waals surface area contributed by atoms with E-state index in [-0.39, 0.29) is 0 Å². The number of rotatable bonds is 3. The fraction of sp³-hybridized carbons (Fsp3) is 0.600. The number of nitrogens with two attached hydrogens (primary N) is 1. The number of anilines is 1. The highest BCUT2D eigenvalue weighted by molar-refractivity contribution is 5.44. The van der Waals surface area contributed by atoms with E-state index in [2.05, 4.69) is 42.7 Å². The molecule has 1 fully saturated rings. The number of hydrogen-bond donors (Lipinski definition) is 1. The van der Waals surface area contributed by atoms with Gasteiger partial charge in [-0.05, 0) is 44.0 Å². The molecule has 0 aromatic heterocycles. The van der Waals surface area contributed by atoms with Crippen LogP contribution in [0.15, 0.2) is 18.2 Å². The molecular weight excluding hydrogens is 222 g/mol. The maximum atomic E-state index is 5.79. The number of hydrogen-bond acceptors (Lipinski definition) is 3. The first kappa shape index (κ1) is 13.4. The van der Waals surface area contributed by atoms with Crippen molar-refractivity contribution in [3.05, 3.63) is 29.3 Å². The van der Waals surface area contributed by atoms with Crippen LogP contribution >= 0.6 is 0 Å². The van der Waals surface area contributed by atoms with Gasteiger partial charge in [-0.3, -0.25) is 9.80 Å². The second-order valence-electron chi connectivity index (χ2n) is 5.59. The van der Waals surface area contributed by atoms with Crippen LogP contribution < -0.4 is 5.73 Å². The van der Waals surface area contributed by atoms with Crippen molar-refractivity contribution in [3.8, 4) is 0 Å². The maximum absolute atomic E-state index is 5.79. The van der Waals surface area contributed by atoms with Crippen LogP contribution in [-0.2, 0) is 6.54 Å². The number of piperazine rings is 1. The van der Waals surface area contributed by atoms with Crippen LogP contribution in [0.3, 0.4) is 0 Å². The zero-order valence-electron chi connectivity index (χ0n) is 11.8. The fourth-order valence-corrected chi connectivity index (χ4v) is 2.58. The van der Waals surface area contributed by atoms with Gasteiger partial charge < -0.3 is 5.73 Å². The van der Waals surface area contributed by atoms with E-state index in [1.165, 1.54) is 37.3 Å². The lowest BCUT2D eigenvalue weighted by molar-refractivity contribution is 0.104. The van der Waals surface area contributed by atoms with Gasteiger partial charge in [0.15, 0.2) is 0 Å². The molecule has 3 heteroatoms. The molecule has 1 saturated heterocycles. The monoisotopic (exact) mass is 247 g/mol. The summed E-state index contributed by atoms with van der Waals surface area (Å²) in [7, 11) is 0. The summed E-state index contributed by atoms with van der Waals surface area (Å²) in [6, 6.07) is 6.91. The first-order valence-corrected chi connectivity index (χ1v) is 6.87. The molecule has 3 nitrogen and oxygen atoms in total. The maximum Gasteiger partial charge on any atom is 0.0316 e. The third kappa shape index (κ3) is 3.24. The molecule has 0 aliphatic carbocycles. The minimum absolute atomic E-state index is 0.672. The Balaban J connectivity index is 1.91. The van der Waals surface area contributed by atoms with Gasteiger partial charge in [-0.25, -0.2) is 0 Å². The molecule has 0 spiro atoms. The van der Waals surface area contributed by atoms with E-state index in [9.17, 15) is 0 Å². The summed E-state index contributed by atoms with van der Waals surface area (Å²) >= 11 is 0. The van der Waals surface area contributed by atoms with E-state index in [4.69, 9.17) is 5.73 Å². The number of nitrogen functional groups attached to an aromatic ring is 1. The first-order chi connectivity index (χ1) is 8.56. The Morgan fingerprint density at radius 2 is 1.83 bits per heavy atom. The third-order valence-electron chi connectivity index (χ3n) is 3.90. The molecular formula is C15H25N3. The van der Waals surface area contributed by atoms with Gasteiger partial charge in [0.25, 0.3) is 0 Å². The van der Waals surface area contributed by atoms with Crippen LogP contribution in [0.25, 0.3) is 0 Å². The molecule has 1 aromatic carbocycles. The number of benzene rings is 1. The lowest BCUT2D eigenvalue weighted by Crippen LogP contribution is -2.48.